The van der Waals surface area contributed by atoms with E-state index in [2.05, 4.69) is 19.9 Å². The second kappa shape index (κ2) is 10.8. The Morgan fingerprint density at radius 2 is 1.27 bits per heavy atom. The van der Waals surface area contributed by atoms with E-state index in [0.29, 0.717) is 22.8 Å². The lowest BCUT2D eigenvalue weighted by Gasteiger charge is -2.17. The standard InChI is InChI=1S/C31H30N4O5/c1-16-18(3)34-23(20(5)32-16)14-38-28-13-27-29(25(36)12-26(40-27)22-10-8-7-9-11-22)30(37)31(28)39-15-24-21(6)33-17(2)19(4)35-24/h7-13,37H,14-15H2,1-6H3. The van der Waals surface area contributed by atoms with Gasteiger partial charge < -0.3 is 19.0 Å². The van der Waals surface area contributed by atoms with Gasteiger partial charge in [-0.05, 0) is 41.5 Å². The van der Waals surface area contributed by atoms with Crippen LogP contribution in [-0.4, -0.2) is 25.0 Å². The van der Waals surface area contributed by atoms with Crippen LogP contribution in [0.5, 0.6) is 17.2 Å². The molecule has 9 nitrogen and oxygen atoms in total. The Balaban J connectivity index is 1.60. The third-order valence-corrected chi connectivity index (χ3v) is 6.85. The summed E-state index contributed by atoms with van der Waals surface area (Å²) in [5.74, 6) is 0.181. The van der Waals surface area contributed by atoms with E-state index in [9.17, 15) is 9.90 Å². The summed E-state index contributed by atoms with van der Waals surface area (Å²) >= 11 is 0. The molecule has 0 amide bonds. The van der Waals surface area contributed by atoms with Gasteiger partial charge >= 0.3 is 0 Å². The van der Waals surface area contributed by atoms with Crippen molar-refractivity contribution in [2.45, 2.75) is 54.8 Å². The van der Waals surface area contributed by atoms with E-state index >= 15 is 0 Å². The van der Waals surface area contributed by atoms with Gasteiger partial charge in [0.2, 0.25) is 5.75 Å². The fraction of sp³-hybridized carbons (Fsp3) is 0.258. The van der Waals surface area contributed by atoms with E-state index < -0.39 is 5.43 Å². The summed E-state index contributed by atoms with van der Waals surface area (Å²) in [5.41, 5.74) is 6.42. The molecule has 2 aromatic carbocycles. The Hall–Kier alpha value is -4.79. The van der Waals surface area contributed by atoms with Crippen molar-refractivity contribution in [1.82, 2.24) is 19.9 Å². The molecular weight excluding hydrogens is 508 g/mol. The zero-order chi connectivity index (χ0) is 28.6. The summed E-state index contributed by atoms with van der Waals surface area (Å²) in [6.45, 7) is 11.3. The SMILES string of the molecule is Cc1nc(C)c(COc2cc3oc(-c4ccccc4)cc(=O)c3c(O)c2OCc2nc(C)c(C)nc2C)nc1C. The number of nitrogens with zero attached hydrogens (tertiary/aromatic N) is 4. The molecule has 0 unspecified atom stereocenters. The van der Waals surface area contributed by atoms with Crippen molar-refractivity contribution in [3.8, 4) is 28.6 Å². The third kappa shape index (κ3) is 5.22. The molecule has 9 heteroatoms. The van der Waals surface area contributed by atoms with Gasteiger partial charge in [0.1, 0.15) is 29.9 Å². The summed E-state index contributed by atoms with van der Waals surface area (Å²) in [4.78, 5) is 31.5. The largest absolute Gasteiger partial charge is 0.504 e. The van der Waals surface area contributed by atoms with Gasteiger partial charge in [0.25, 0.3) is 0 Å². The molecule has 204 valence electrons. The lowest BCUT2D eigenvalue weighted by Crippen LogP contribution is -2.10. The molecule has 1 N–H and O–H groups in total. The average Bonchev–Trinajstić information content (AvgIpc) is 2.92. The molecule has 0 aliphatic heterocycles. The molecule has 0 atom stereocenters. The number of rotatable bonds is 7. The van der Waals surface area contributed by atoms with E-state index in [0.717, 1.165) is 34.0 Å². The number of hydrogen-bond donors (Lipinski definition) is 1. The Morgan fingerprint density at radius 3 is 1.88 bits per heavy atom. The maximum atomic E-state index is 13.2. The summed E-state index contributed by atoms with van der Waals surface area (Å²) in [6, 6.07) is 12.2. The Kier molecular flexibility index (Phi) is 7.21. The Labute approximate surface area is 231 Å². The maximum Gasteiger partial charge on any atom is 0.204 e. The zero-order valence-electron chi connectivity index (χ0n) is 23.3. The molecule has 0 spiro atoms. The number of benzene rings is 2. The number of fused-ring (bicyclic) bond motifs is 1. The third-order valence-electron chi connectivity index (χ3n) is 6.85. The first kappa shape index (κ1) is 26.8. The molecule has 0 fully saturated rings. The molecule has 0 saturated heterocycles. The number of hydrogen-bond acceptors (Lipinski definition) is 9. The van der Waals surface area contributed by atoms with E-state index in [-0.39, 0.29) is 41.4 Å². The quantitative estimate of drug-likeness (QED) is 0.276. The molecule has 0 bridgehead atoms. The first-order valence-corrected chi connectivity index (χ1v) is 12.9. The molecule has 0 aliphatic rings. The van der Waals surface area contributed by atoms with Crippen molar-refractivity contribution >= 4 is 11.0 Å². The highest BCUT2D eigenvalue weighted by atomic mass is 16.5. The number of aromatic nitrogens is 4. The molecule has 0 radical (unpaired) electrons. The molecule has 5 rings (SSSR count). The maximum absolute atomic E-state index is 13.2. The van der Waals surface area contributed by atoms with Gasteiger partial charge in [0, 0.05) is 17.7 Å². The molecule has 3 aromatic heterocycles. The van der Waals surface area contributed by atoms with Crippen LogP contribution in [0.2, 0.25) is 0 Å². The fourth-order valence-corrected chi connectivity index (χ4v) is 4.34. The van der Waals surface area contributed by atoms with Crippen LogP contribution in [0.25, 0.3) is 22.3 Å². The molecule has 0 aliphatic carbocycles. The van der Waals surface area contributed by atoms with Gasteiger partial charge in [-0.1, -0.05) is 30.3 Å². The normalized spacial score (nSPS) is 11.2. The molecule has 3 heterocycles. The van der Waals surface area contributed by atoms with Crippen LogP contribution in [-0.2, 0) is 13.2 Å². The fourth-order valence-electron chi connectivity index (χ4n) is 4.34. The van der Waals surface area contributed by atoms with Crippen molar-refractivity contribution in [2.24, 2.45) is 0 Å². The number of ether oxygens (including phenoxy) is 2. The van der Waals surface area contributed by atoms with Gasteiger partial charge in [-0.25, -0.2) is 0 Å². The second-order valence-corrected chi connectivity index (χ2v) is 9.70. The van der Waals surface area contributed by atoms with Gasteiger partial charge in [-0.2, -0.15) is 0 Å². The molecule has 40 heavy (non-hydrogen) atoms. The number of aryl methyl sites for hydroxylation is 6. The minimum Gasteiger partial charge on any atom is -0.504 e. The summed E-state index contributed by atoms with van der Waals surface area (Å²) in [6.07, 6.45) is 0. The summed E-state index contributed by atoms with van der Waals surface area (Å²) in [5, 5.41) is 11.3. The summed E-state index contributed by atoms with van der Waals surface area (Å²) < 4.78 is 18.3. The highest BCUT2D eigenvalue weighted by molar-refractivity contribution is 5.89. The van der Waals surface area contributed by atoms with Crippen LogP contribution in [0.3, 0.4) is 0 Å². The zero-order valence-corrected chi connectivity index (χ0v) is 23.3. The van der Waals surface area contributed by atoms with Crippen molar-refractivity contribution in [2.75, 3.05) is 0 Å². The first-order chi connectivity index (χ1) is 19.1. The minimum absolute atomic E-state index is 0.00105. The smallest absolute Gasteiger partial charge is 0.204 e. The second-order valence-electron chi connectivity index (χ2n) is 9.70. The summed E-state index contributed by atoms with van der Waals surface area (Å²) in [7, 11) is 0. The van der Waals surface area contributed by atoms with Crippen LogP contribution >= 0.6 is 0 Å². The molecule has 0 saturated carbocycles. The van der Waals surface area contributed by atoms with Crippen molar-refractivity contribution in [3.63, 3.8) is 0 Å². The van der Waals surface area contributed by atoms with Crippen LogP contribution in [0, 0.1) is 41.5 Å². The lowest BCUT2D eigenvalue weighted by atomic mass is 10.1. The number of aromatic hydroxyl groups is 1. The van der Waals surface area contributed by atoms with Crippen molar-refractivity contribution in [3.05, 3.63) is 98.2 Å². The van der Waals surface area contributed by atoms with E-state index in [4.69, 9.17) is 13.9 Å². The van der Waals surface area contributed by atoms with Crippen LogP contribution in [0.1, 0.15) is 45.6 Å². The Bertz CT molecular complexity index is 1800. The van der Waals surface area contributed by atoms with Crippen LogP contribution in [0.15, 0.2) is 51.7 Å². The van der Waals surface area contributed by atoms with Gasteiger partial charge in [0.05, 0.1) is 45.6 Å². The number of phenolic OH excluding ortho intramolecular Hbond substituents is 1. The van der Waals surface area contributed by atoms with Crippen LogP contribution < -0.4 is 14.9 Å². The van der Waals surface area contributed by atoms with Gasteiger partial charge in [0.15, 0.2) is 16.9 Å². The predicted octanol–water partition coefficient (Wildman–Crippen LogP) is 5.75. The van der Waals surface area contributed by atoms with Gasteiger partial charge in [-0.3, -0.25) is 24.7 Å². The molecule has 5 aromatic rings. The monoisotopic (exact) mass is 538 g/mol. The van der Waals surface area contributed by atoms with Gasteiger partial charge in [-0.15, -0.1) is 0 Å². The highest BCUT2D eigenvalue weighted by Crippen LogP contribution is 2.43. The minimum atomic E-state index is -0.410. The lowest BCUT2D eigenvalue weighted by molar-refractivity contribution is 0.241. The van der Waals surface area contributed by atoms with Crippen molar-refractivity contribution < 1.29 is 19.0 Å². The molecular formula is C31H30N4O5. The number of phenols is 1. The highest BCUT2D eigenvalue weighted by Gasteiger charge is 2.22. The van der Waals surface area contributed by atoms with Crippen molar-refractivity contribution in [1.29, 1.82) is 0 Å². The average molecular weight is 539 g/mol. The van der Waals surface area contributed by atoms with Crippen LogP contribution in [0.4, 0.5) is 0 Å². The first-order valence-electron chi connectivity index (χ1n) is 12.9. The Morgan fingerprint density at radius 1 is 0.725 bits per heavy atom. The van der Waals surface area contributed by atoms with E-state index in [1.807, 2.05) is 71.9 Å². The topological polar surface area (TPSA) is 120 Å². The van der Waals surface area contributed by atoms with E-state index in [1.165, 1.54) is 6.07 Å². The van der Waals surface area contributed by atoms with E-state index in [1.54, 1.807) is 6.07 Å². The predicted molar refractivity (Wildman–Crippen MR) is 151 cm³/mol.